The van der Waals surface area contributed by atoms with Gasteiger partial charge in [0.2, 0.25) is 5.95 Å². The number of nitrogens with zero attached hydrogens (tertiary/aromatic N) is 5. The highest BCUT2D eigenvalue weighted by atomic mass is 16.3. The average molecular weight is 462 g/mol. The number of aryl methyl sites for hydroxylation is 1. The molecule has 3 aromatic rings. The van der Waals surface area contributed by atoms with Gasteiger partial charge in [0.25, 0.3) is 0 Å². The molecule has 0 radical (unpaired) electrons. The van der Waals surface area contributed by atoms with Crippen molar-refractivity contribution in [1.82, 2.24) is 19.9 Å². The predicted octanol–water partition coefficient (Wildman–Crippen LogP) is 4.43. The van der Waals surface area contributed by atoms with Gasteiger partial charge in [-0.1, -0.05) is 6.07 Å². The maximum atomic E-state index is 10.2. The minimum atomic E-state index is -1.01. The normalized spacial score (nSPS) is 15.0. The lowest BCUT2D eigenvalue weighted by Gasteiger charge is -2.38. The molecule has 180 valence electrons. The summed E-state index contributed by atoms with van der Waals surface area (Å²) >= 11 is 0. The van der Waals surface area contributed by atoms with Crippen LogP contribution in [0.4, 0.5) is 29.0 Å². The Morgan fingerprint density at radius 3 is 2.29 bits per heavy atom. The van der Waals surface area contributed by atoms with E-state index in [1.807, 2.05) is 19.1 Å². The summed E-state index contributed by atoms with van der Waals surface area (Å²) in [5, 5.41) is 16.8. The second-order valence-electron chi connectivity index (χ2n) is 9.61. The van der Waals surface area contributed by atoms with E-state index >= 15 is 0 Å². The lowest BCUT2D eigenvalue weighted by molar-refractivity contribution is 0.0740. The van der Waals surface area contributed by atoms with Crippen molar-refractivity contribution in [2.75, 3.05) is 41.7 Å². The zero-order chi connectivity index (χ0) is 24.3. The van der Waals surface area contributed by atoms with Crippen molar-refractivity contribution in [3.63, 3.8) is 0 Å². The molecule has 8 nitrogen and oxygen atoms in total. The zero-order valence-electron chi connectivity index (χ0n) is 20.7. The highest BCUT2D eigenvalue weighted by Crippen LogP contribution is 2.24. The Morgan fingerprint density at radius 1 is 0.941 bits per heavy atom. The second kappa shape index (κ2) is 9.95. The van der Waals surface area contributed by atoms with Crippen LogP contribution in [0, 0.1) is 6.92 Å². The molecule has 3 N–H and O–H groups in total. The number of pyridine rings is 1. The van der Waals surface area contributed by atoms with Crippen molar-refractivity contribution in [2.24, 2.45) is 0 Å². The molecule has 0 atom stereocenters. The van der Waals surface area contributed by atoms with Crippen LogP contribution in [0.15, 0.2) is 48.7 Å². The minimum Gasteiger partial charge on any atom is -0.384 e. The Kier molecular flexibility index (Phi) is 7.00. The molecule has 2 aromatic heterocycles. The number of hydrogen-bond donors (Lipinski definition) is 3. The fourth-order valence-electron chi connectivity index (χ4n) is 3.98. The number of piperazine rings is 1. The quantitative estimate of drug-likeness (QED) is 0.476. The van der Waals surface area contributed by atoms with Crippen LogP contribution in [0.1, 0.15) is 39.0 Å². The van der Waals surface area contributed by atoms with Crippen LogP contribution in [0.25, 0.3) is 0 Å². The van der Waals surface area contributed by atoms with Crippen molar-refractivity contribution >= 4 is 29.0 Å². The maximum absolute atomic E-state index is 10.2. The van der Waals surface area contributed by atoms with Crippen LogP contribution in [0.5, 0.6) is 0 Å². The van der Waals surface area contributed by atoms with Gasteiger partial charge in [-0.25, -0.2) is 9.97 Å². The van der Waals surface area contributed by atoms with Gasteiger partial charge in [-0.2, -0.15) is 4.98 Å². The highest BCUT2D eigenvalue weighted by Gasteiger charge is 2.19. The maximum Gasteiger partial charge on any atom is 0.229 e. The number of aliphatic hydroxyl groups is 1. The van der Waals surface area contributed by atoms with Crippen LogP contribution in [-0.2, 0) is 5.60 Å². The smallest absolute Gasteiger partial charge is 0.229 e. The number of hydrogen-bond acceptors (Lipinski definition) is 8. The third-order valence-corrected chi connectivity index (χ3v) is 6.13. The molecule has 34 heavy (non-hydrogen) atoms. The highest BCUT2D eigenvalue weighted by molar-refractivity contribution is 5.62. The molecule has 1 saturated heterocycles. The summed E-state index contributed by atoms with van der Waals surface area (Å²) in [6.07, 6.45) is 1.78. The number of benzene rings is 1. The molecule has 1 fully saturated rings. The Hall–Kier alpha value is -3.23. The monoisotopic (exact) mass is 461 g/mol. The number of nitrogens with one attached hydrogen (secondary N) is 2. The van der Waals surface area contributed by atoms with E-state index in [1.165, 1.54) is 5.69 Å². The summed E-state index contributed by atoms with van der Waals surface area (Å²) < 4.78 is 0. The minimum absolute atomic E-state index is 0.505. The summed E-state index contributed by atoms with van der Waals surface area (Å²) in [6, 6.07) is 14.5. The molecule has 1 aliphatic rings. The fourth-order valence-corrected chi connectivity index (χ4v) is 3.98. The van der Waals surface area contributed by atoms with Gasteiger partial charge in [-0.15, -0.1) is 0 Å². The van der Waals surface area contributed by atoms with Gasteiger partial charge in [0.05, 0.1) is 5.69 Å². The van der Waals surface area contributed by atoms with Gasteiger partial charge >= 0.3 is 0 Å². The van der Waals surface area contributed by atoms with E-state index in [2.05, 4.69) is 73.5 Å². The van der Waals surface area contributed by atoms with E-state index in [4.69, 9.17) is 0 Å². The van der Waals surface area contributed by atoms with Crippen LogP contribution < -0.4 is 15.5 Å². The van der Waals surface area contributed by atoms with Crippen LogP contribution >= 0.6 is 0 Å². The van der Waals surface area contributed by atoms with E-state index in [9.17, 15) is 5.11 Å². The molecule has 0 aliphatic carbocycles. The van der Waals surface area contributed by atoms with Gasteiger partial charge in [-0.05, 0) is 71.0 Å². The van der Waals surface area contributed by atoms with Crippen molar-refractivity contribution < 1.29 is 5.11 Å². The molecule has 0 unspecified atom stereocenters. The summed E-state index contributed by atoms with van der Waals surface area (Å²) in [4.78, 5) is 18.5. The van der Waals surface area contributed by atoms with Crippen molar-refractivity contribution in [3.05, 3.63) is 59.9 Å². The predicted molar refractivity (Wildman–Crippen MR) is 138 cm³/mol. The SMILES string of the molecule is Cc1cnc(Nc2ccc(N3CCN(C(C)C)CC3)cc2)nc1Nc1cccc(C(C)(C)O)n1. The van der Waals surface area contributed by atoms with Gasteiger partial charge in [-0.3, -0.25) is 4.90 Å². The van der Waals surface area contributed by atoms with Crippen LogP contribution in [0.3, 0.4) is 0 Å². The Balaban J connectivity index is 1.43. The molecule has 8 heteroatoms. The van der Waals surface area contributed by atoms with Gasteiger partial charge in [0, 0.05) is 55.4 Å². The molecule has 0 spiro atoms. The first-order chi connectivity index (χ1) is 16.2. The van der Waals surface area contributed by atoms with Crippen LogP contribution in [0.2, 0.25) is 0 Å². The summed E-state index contributed by atoms with van der Waals surface area (Å²) in [5.41, 5.74) is 2.64. The number of anilines is 5. The molecule has 0 bridgehead atoms. The standard InChI is InChI=1S/C26H35N7O/c1-18(2)32-13-15-33(16-14-32)21-11-9-20(10-12-21)28-25-27-17-19(3)24(31-25)30-23-8-6-7-22(29-23)26(4,5)34/h6-12,17-18,34H,13-16H2,1-5H3,(H2,27,28,29,30,31). The van der Waals surface area contributed by atoms with E-state index < -0.39 is 5.60 Å². The Morgan fingerprint density at radius 2 is 1.65 bits per heavy atom. The van der Waals surface area contributed by atoms with Crippen molar-refractivity contribution in [1.29, 1.82) is 0 Å². The molecule has 1 aliphatic heterocycles. The lowest BCUT2D eigenvalue weighted by atomic mass is 10.1. The number of rotatable bonds is 7. The topological polar surface area (TPSA) is 89.4 Å². The van der Waals surface area contributed by atoms with E-state index in [0.29, 0.717) is 29.3 Å². The zero-order valence-corrected chi connectivity index (χ0v) is 20.7. The first-order valence-corrected chi connectivity index (χ1v) is 11.9. The second-order valence-corrected chi connectivity index (χ2v) is 9.61. The van der Waals surface area contributed by atoms with E-state index in [0.717, 1.165) is 37.4 Å². The number of aromatic nitrogens is 3. The molecular weight excluding hydrogens is 426 g/mol. The molecule has 0 amide bonds. The summed E-state index contributed by atoms with van der Waals surface area (Å²) in [5.74, 6) is 1.79. The average Bonchev–Trinajstić information content (AvgIpc) is 2.81. The third kappa shape index (κ3) is 5.81. The van der Waals surface area contributed by atoms with Crippen molar-refractivity contribution in [2.45, 2.75) is 46.3 Å². The molecule has 3 heterocycles. The largest absolute Gasteiger partial charge is 0.384 e. The molecule has 4 rings (SSSR count). The Labute approximate surface area is 202 Å². The van der Waals surface area contributed by atoms with Crippen LogP contribution in [-0.4, -0.2) is 57.2 Å². The van der Waals surface area contributed by atoms with Gasteiger partial charge < -0.3 is 20.6 Å². The molecular formula is C26H35N7O. The summed E-state index contributed by atoms with van der Waals surface area (Å²) in [7, 11) is 0. The molecule has 0 saturated carbocycles. The molecule has 1 aromatic carbocycles. The summed E-state index contributed by atoms with van der Waals surface area (Å²) in [6.45, 7) is 14.2. The van der Waals surface area contributed by atoms with Gasteiger partial charge in [0.1, 0.15) is 17.2 Å². The first kappa shape index (κ1) is 23.9. The van der Waals surface area contributed by atoms with Gasteiger partial charge in [0.15, 0.2) is 0 Å². The Bertz CT molecular complexity index is 1100. The van der Waals surface area contributed by atoms with E-state index in [-0.39, 0.29) is 0 Å². The lowest BCUT2D eigenvalue weighted by Crippen LogP contribution is -2.48. The van der Waals surface area contributed by atoms with E-state index in [1.54, 1.807) is 26.1 Å². The van der Waals surface area contributed by atoms with Crippen molar-refractivity contribution in [3.8, 4) is 0 Å². The fraction of sp³-hybridized carbons (Fsp3) is 0.423. The third-order valence-electron chi connectivity index (χ3n) is 6.13. The first-order valence-electron chi connectivity index (χ1n) is 11.9.